The van der Waals surface area contributed by atoms with Crippen molar-refractivity contribution in [3.8, 4) is 11.8 Å². The summed E-state index contributed by atoms with van der Waals surface area (Å²) in [7, 11) is 0. The molecule has 0 atom stereocenters. The lowest BCUT2D eigenvalue weighted by Crippen LogP contribution is -2.02. The maximum absolute atomic E-state index is 8.88. The molecule has 102 valence electrons. The van der Waals surface area contributed by atoms with E-state index in [2.05, 4.69) is 28.7 Å². The summed E-state index contributed by atoms with van der Waals surface area (Å²) < 4.78 is 6.56. The van der Waals surface area contributed by atoms with Crippen LogP contribution in [0.2, 0.25) is 5.02 Å². The van der Waals surface area contributed by atoms with Crippen molar-refractivity contribution in [2.75, 3.05) is 5.73 Å². The van der Waals surface area contributed by atoms with Gasteiger partial charge < -0.3 is 10.5 Å². The number of nitriles is 1. The highest BCUT2D eigenvalue weighted by molar-refractivity contribution is 14.1. The van der Waals surface area contributed by atoms with Gasteiger partial charge in [0, 0.05) is 10.6 Å². The summed E-state index contributed by atoms with van der Waals surface area (Å²) in [4.78, 5) is 0. The van der Waals surface area contributed by atoms with Crippen molar-refractivity contribution in [2.45, 2.75) is 13.5 Å². The molecule has 2 N–H and O–H groups in total. The Labute approximate surface area is 136 Å². The molecule has 0 saturated heterocycles. The van der Waals surface area contributed by atoms with E-state index in [1.807, 2.05) is 25.1 Å². The second kappa shape index (κ2) is 6.33. The molecule has 0 spiro atoms. The maximum Gasteiger partial charge on any atom is 0.156 e. The lowest BCUT2D eigenvalue weighted by Gasteiger charge is -2.12. The van der Waals surface area contributed by atoms with Crippen LogP contribution in [-0.2, 0) is 6.61 Å². The van der Waals surface area contributed by atoms with Crippen LogP contribution in [0.4, 0.5) is 5.69 Å². The van der Waals surface area contributed by atoms with Gasteiger partial charge in [-0.15, -0.1) is 0 Å². The number of nitrogen functional groups attached to an aromatic ring is 1. The Morgan fingerprint density at radius 1 is 1.35 bits per heavy atom. The molecule has 3 nitrogen and oxygen atoms in total. The van der Waals surface area contributed by atoms with Crippen LogP contribution in [0.1, 0.15) is 16.7 Å². The third-order valence-electron chi connectivity index (χ3n) is 2.78. The molecule has 2 rings (SSSR count). The largest absolute Gasteiger partial charge is 0.486 e. The Morgan fingerprint density at radius 2 is 2.10 bits per heavy atom. The van der Waals surface area contributed by atoms with Gasteiger partial charge in [0.05, 0.1) is 20.9 Å². The number of halogens is 2. The van der Waals surface area contributed by atoms with Crippen LogP contribution in [0.5, 0.6) is 5.75 Å². The fourth-order valence-electron chi connectivity index (χ4n) is 1.75. The zero-order chi connectivity index (χ0) is 14.7. The summed E-state index contributed by atoms with van der Waals surface area (Å²) in [5.41, 5.74) is 8.89. The van der Waals surface area contributed by atoms with E-state index in [1.165, 1.54) is 0 Å². The molecule has 0 fully saturated rings. The molecule has 0 aliphatic rings. The normalized spacial score (nSPS) is 10.1. The molecule has 20 heavy (non-hydrogen) atoms. The monoisotopic (exact) mass is 398 g/mol. The SMILES string of the molecule is Cc1ccc(COc2c(N)cc(C#N)cc2I)c(Cl)c1. The highest BCUT2D eigenvalue weighted by Gasteiger charge is 2.10. The number of nitrogens with zero attached hydrogens (tertiary/aromatic N) is 1. The molecule has 0 heterocycles. The van der Waals surface area contributed by atoms with Crippen LogP contribution < -0.4 is 10.5 Å². The second-order valence-electron chi connectivity index (χ2n) is 4.37. The third-order valence-corrected chi connectivity index (χ3v) is 3.94. The van der Waals surface area contributed by atoms with Gasteiger partial charge in [-0.3, -0.25) is 0 Å². The first-order valence-electron chi connectivity index (χ1n) is 5.88. The highest BCUT2D eigenvalue weighted by atomic mass is 127. The van der Waals surface area contributed by atoms with E-state index in [9.17, 15) is 0 Å². The van der Waals surface area contributed by atoms with Crippen LogP contribution in [0.15, 0.2) is 30.3 Å². The average Bonchev–Trinajstić information content (AvgIpc) is 2.39. The molecule has 2 aromatic rings. The fourth-order valence-corrected chi connectivity index (χ4v) is 2.84. The van der Waals surface area contributed by atoms with Gasteiger partial charge in [-0.1, -0.05) is 23.7 Å². The van der Waals surface area contributed by atoms with Gasteiger partial charge in [0.25, 0.3) is 0 Å². The minimum absolute atomic E-state index is 0.339. The Kier molecular flexibility index (Phi) is 4.73. The fraction of sp³-hybridized carbons (Fsp3) is 0.133. The number of hydrogen-bond acceptors (Lipinski definition) is 3. The number of benzene rings is 2. The van der Waals surface area contributed by atoms with Crippen molar-refractivity contribution in [3.05, 3.63) is 55.6 Å². The number of aryl methyl sites for hydroxylation is 1. The quantitative estimate of drug-likeness (QED) is 0.620. The van der Waals surface area contributed by atoms with Crippen LogP contribution >= 0.6 is 34.2 Å². The number of ether oxygens (including phenoxy) is 1. The molecule has 0 aliphatic heterocycles. The minimum Gasteiger partial charge on any atom is -0.486 e. The van der Waals surface area contributed by atoms with E-state index in [4.69, 9.17) is 27.3 Å². The number of anilines is 1. The number of rotatable bonds is 3. The number of hydrogen-bond donors (Lipinski definition) is 1. The third kappa shape index (κ3) is 3.35. The van der Waals surface area contributed by atoms with Gasteiger partial charge in [-0.25, -0.2) is 0 Å². The van der Waals surface area contributed by atoms with Crippen molar-refractivity contribution in [3.63, 3.8) is 0 Å². The second-order valence-corrected chi connectivity index (χ2v) is 5.94. The van der Waals surface area contributed by atoms with E-state index >= 15 is 0 Å². The molecule has 5 heteroatoms. The van der Waals surface area contributed by atoms with Crippen molar-refractivity contribution >= 4 is 39.9 Å². The van der Waals surface area contributed by atoms with E-state index in [0.717, 1.165) is 14.7 Å². The van der Waals surface area contributed by atoms with Gasteiger partial charge >= 0.3 is 0 Å². The summed E-state index contributed by atoms with van der Waals surface area (Å²) in [6.45, 7) is 2.32. The predicted molar refractivity (Wildman–Crippen MR) is 88.8 cm³/mol. The summed E-state index contributed by atoms with van der Waals surface area (Å²) in [5.74, 6) is 0.584. The van der Waals surface area contributed by atoms with Crippen LogP contribution in [-0.4, -0.2) is 0 Å². The molecule has 0 unspecified atom stereocenters. The molecule has 0 bridgehead atoms. The molecular formula is C15H12ClIN2O. The maximum atomic E-state index is 8.88. The Hall–Kier alpha value is -1.45. The van der Waals surface area contributed by atoms with Gasteiger partial charge in [0.1, 0.15) is 6.61 Å². The first-order valence-corrected chi connectivity index (χ1v) is 7.34. The van der Waals surface area contributed by atoms with Gasteiger partial charge in [-0.2, -0.15) is 5.26 Å². The van der Waals surface area contributed by atoms with Crippen molar-refractivity contribution in [2.24, 2.45) is 0 Å². The zero-order valence-electron chi connectivity index (χ0n) is 10.8. The summed E-state index contributed by atoms with van der Waals surface area (Å²) in [6.07, 6.45) is 0. The van der Waals surface area contributed by atoms with Crippen molar-refractivity contribution in [1.82, 2.24) is 0 Å². The molecule has 2 aromatic carbocycles. The molecule has 0 amide bonds. The molecule has 0 saturated carbocycles. The number of nitrogens with two attached hydrogens (primary N) is 1. The van der Waals surface area contributed by atoms with Crippen molar-refractivity contribution < 1.29 is 4.74 Å². The van der Waals surface area contributed by atoms with Crippen LogP contribution in [0.25, 0.3) is 0 Å². The topological polar surface area (TPSA) is 59.0 Å². The summed E-state index contributed by atoms with van der Waals surface area (Å²) in [6, 6.07) is 11.2. The average molecular weight is 399 g/mol. The van der Waals surface area contributed by atoms with E-state index < -0.39 is 0 Å². The first-order chi connectivity index (χ1) is 9.51. The molecule has 0 radical (unpaired) electrons. The predicted octanol–water partition coefficient (Wildman–Crippen LogP) is 4.29. The molecular weight excluding hydrogens is 387 g/mol. The van der Waals surface area contributed by atoms with Gasteiger partial charge in [-0.05, 0) is 53.3 Å². The van der Waals surface area contributed by atoms with Crippen LogP contribution in [0, 0.1) is 21.8 Å². The minimum atomic E-state index is 0.339. The van der Waals surface area contributed by atoms with Crippen LogP contribution in [0.3, 0.4) is 0 Å². The van der Waals surface area contributed by atoms with Crippen molar-refractivity contribution in [1.29, 1.82) is 5.26 Å². The smallest absolute Gasteiger partial charge is 0.156 e. The standard InChI is InChI=1S/C15H12ClIN2O/c1-9-2-3-11(12(16)4-9)8-20-15-13(17)5-10(7-18)6-14(15)19/h2-6H,8,19H2,1H3. The molecule has 0 aromatic heterocycles. The highest BCUT2D eigenvalue weighted by Crippen LogP contribution is 2.31. The Bertz CT molecular complexity index is 672. The zero-order valence-corrected chi connectivity index (χ0v) is 13.7. The first kappa shape index (κ1) is 14.9. The lowest BCUT2D eigenvalue weighted by atomic mass is 10.1. The van der Waals surface area contributed by atoms with E-state index in [-0.39, 0.29) is 0 Å². The Balaban J connectivity index is 2.21. The van der Waals surface area contributed by atoms with E-state index in [0.29, 0.717) is 28.6 Å². The summed E-state index contributed by atoms with van der Waals surface area (Å²) in [5, 5.41) is 9.55. The Morgan fingerprint density at radius 3 is 2.70 bits per heavy atom. The molecule has 0 aliphatic carbocycles. The lowest BCUT2D eigenvalue weighted by molar-refractivity contribution is 0.306. The summed E-state index contributed by atoms with van der Waals surface area (Å²) >= 11 is 8.27. The van der Waals surface area contributed by atoms with Gasteiger partial charge in [0.2, 0.25) is 0 Å². The van der Waals surface area contributed by atoms with Gasteiger partial charge in [0.15, 0.2) is 5.75 Å². The van der Waals surface area contributed by atoms with E-state index in [1.54, 1.807) is 12.1 Å².